The summed E-state index contributed by atoms with van der Waals surface area (Å²) in [6.07, 6.45) is 0.166. The standard InChI is InChI=1S/C19H23NO3.ClH/c1-13-9-16(17(20)11-18(21)22-3)10-14(2)19(13)23-12-15-7-5-4-6-8-15;/h4-10,17H,11-12,20H2,1-3H3;1H/t17-;/m1./s1. The molecule has 2 aromatic carbocycles. The summed E-state index contributed by atoms with van der Waals surface area (Å²) >= 11 is 0. The van der Waals surface area contributed by atoms with E-state index in [0.29, 0.717) is 6.61 Å². The highest BCUT2D eigenvalue weighted by molar-refractivity contribution is 5.85. The quantitative estimate of drug-likeness (QED) is 0.804. The van der Waals surface area contributed by atoms with Crippen LogP contribution in [0.5, 0.6) is 5.75 Å². The Morgan fingerprint density at radius 2 is 1.71 bits per heavy atom. The highest BCUT2D eigenvalue weighted by Gasteiger charge is 2.15. The second-order valence-corrected chi connectivity index (χ2v) is 5.64. The Morgan fingerprint density at radius 1 is 1.12 bits per heavy atom. The number of ether oxygens (including phenoxy) is 2. The molecule has 0 amide bonds. The number of rotatable bonds is 6. The summed E-state index contributed by atoms with van der Waals surface area (Å²) in [5, 5.41) is 0. The molecule has 24 heavy (non-hydrogen) atoms. The third kappa shape index (κ3) is 5.25. The van der Waals surface area contributed by atoms with Gasteiger partial charge in [0.2, 0.25) is 0 Å². The number of nitrogens with two attached hydrogens (primary N) is 1. The van der Waals surface area contributed by atoms with Crippen molar-refractivity contribution in [3.8, 4) is 5.75 Å². The van der Waals surface area contributed by atoms with Crippen LogP contribution < -0.4 is 10.5 Å². The Kier molecular flexibility index (Phi) is 7.75. The van der Waals surface area contributed by atoms with Gasteiger partial charge in [-0.15, -0.1) is 12.4 Å². The Hall–Kier alpha value is -2.04. The number of benzene rings is 2. The van der Waals surface area contributed by atoms with Crippen LogP contribution in [0.4, 0.5) is 0 Å². The van der Waals surface area contributed by atoms with Crippen LogP contribution in [0.3, 0.4) is 0 Å². The molecule has 0 aromatic heterocycles. The van der Waals surface area contributed by atoms with E-state index in [-0.39, 0.29) is 30.8 Å². The number of halogens is 1. The Labute approximate surface area is 149 Å². The van der Waals surface area contributed by atoms with Crippen LogP contribution in [0.2, 0.25) is 0 Å². The van der Waals surface area contributed by atoms with Crippen molar-refractivity contribution in [1.82, 2.24) is 0 Å². The van der Waals surface area contributed by atoms with E-state index in [2.05, 4.69) is 4.74 Å². The van der Waals surface area contributed by atoms with Crippen LogP contribution in [0, 0.1) is 13.8 Å². The number of aryl methyl sites for hydroxylation is 2. The zero-order valence-corrected chi connectivity index (χ0v) is 15.1. The van der Waals surface area contributed by atoms with Crippen LogP contribution in [0.15, 0.2) is 42.5 Å². The van der Waals surface area contributed by atoms with Gasteiger partial charge in [-0.3, -0.25) is 4.79 Å². The minimum absolute atomic E-state index is 0. The highest BCUT2D eigenvalue weighted by Crippen LogP contribution is 2.28. The molecule has 1 atom stereocenters. The van der Waals surface area contributed by atoms with Crippen LogP contribution in [-0.4, -0.2) is 13.1 Å². The molecule has 0 fully saturated rings. The average Bonchev–Trinajstić information content (AvgIpc) is 2.54. The van der Waals surface area contributed by atoms with Crippen molar-refractivity contribution >= 4 is 18.4 Å². The SMILES string of the molecule is COC(=O)C[C@@H](N)c1cc(C)c(OCc2ccccc2)c(C)c1.Cl. The van der Waals surface area contributed by atoms with Gasteiger partial charge in [0.1, 0.15) is 12.4 Å². The summed E-state index contributed by atoms with van der Waals surface area (Å²) < 4.78 is 10.6. The summed E-state index contributed by atoms with van der Waals surface area (Å²) in [7, 11) is 1.37. The highest BCUT2D eigenvalue weighted by atomic mass is 35.5. The van der Waals surface area contributed by atoms with Crippen molar-refractivity contribution < 1.29 is 14.3 Å². The molecule has 0 radical (unpaired) electrons. The molecule has 4 nitrogen and oxygen atoms in total. The van der Waals surface area contributed by atoms with Crippen molar-refractivity contribution in [3.05, 3.63) is 64.7 Å². The van der Waals surface area contributed by atoms with Crippen LogP contribution in [0.1, 0.15) is 34.7 Å². The predicted molar refractivity (Wildman–Crippen MR) is 97.5 cm³/mol. The second-order valence-electron chi connectivity index (χ2n) is 5.64. The minimum atomic E-state index is -0.372. The molecule has 0 heterocycles. The summed E-state index contributed by atoms with van der Waals surface area (Å²) in [4.78, 5) is 11.4. The Bertz CT molecular complexity index is 651. The Balaban J connectivity index is 0.00000288. The summed E-state index contributed by atoms with van der Waals surface area (Å²) in [6, 6.07) is 13.6. The summed E-state index contributed by atoms with van der Waals surface area (Å²) in [6.45, 7) is 4.50. The van der Waals surface area contributed by atoms with Crippen molar-refractivity contribution in [2.75, 3.05) is 7.11 Å². The number of carbonyl (C=O) groups excluding carboxylic acids is 1. The second kappa shape index (κ2) is 9.30. The first-order valence-electron chi connectivity index (χ1n) is 7.61. The Morgan fingerprint density at radius 3 is 2.25 bits per heavy atom. The van der Waals surface area contributed by atoms with Gasteiger partial charge in [0.25, 0.3) is 0 Å². The molecular formula is C19H24ClNO3. The number of hydrogen-bond donors (Lipinski definition) is 1. The van der Waals surface area contributed by atoms with Crippen molar-refractivity contribution in [3.63, 3.8) is 0 Å². The van der Waals surface area contributed by atoms with E-state index < -0.39 is 0 Å². The van der Waals surface area contributed by atoms with Crippen LogP contribution >= 0.6 is 12.4 Å². The molecule has 0 spiro atoms. The molecule has 0 bridgehead atoms. The maximum atomic E-state index is 11.4. The van der Waals surface area contributed by atoms with Crippen LogP contribution in [-0.2, 0) is 16.1 Å². The number of methoxy groups -OCH3 is 1. The van der Waals surface area contributed by atoms with Crippen molar-refractivity contribution in [1.29, 1.82) is 0 Å². The molecule has 0 aliphatic rings. The maximum absolute atomic E-state index is 11.4. The predicted octanol–water partition coefficient (Wildman–Crippen LogP) is 3.87. The molecule has 0 saturated heterocycles. The van der Waals surface area contributed by atoms with Crippen molar-refractivity contribution in [2.24, 2.45) is 5.73 Å². The van der Waals surface area contributed by atoms with E-state index in [1.807, 2.05) is 56.3 Å². The fraction of sp³-hybridized carbons (Fsp3) is 0.316. The molecule has 0 saturated carbocycles. The fourth-order valence-electron chi connectivity index (χ4n) is 2.54. The van der Waals surface area contributed by atoms with Gasteiger partial charge < -0.3 is 15.2 Å². The van der Waals surface area contributed by atoms with E-state index in [1.165, 1.54) is 7.11 Å². The number of carbonyl (C=O) groups is 1. The van der Waals surface area contributed by atoms with Gasteiger partial charge in [-0.05, 0) is 36.1 Å². The lowest BCUT2D eigenvalue weighted by atomic mass is 9.99. The third-order valence-electron chi connectivity index (χ3n) is 3.75. The summed E-state index contributed by atoms with van der Waals surface area (Å²) in [5.41, 5.74) is 10.1. The molecule has 0 aliphatic heterocycles. The first kappa shape index (κ1) is 20.0. The van der Waals surface area contributed by atoms with E-state index in [0.717, 1.165) is 28.0 Å². The monoisotopic (exact) mass is 349 g/mol. The summed E-state index contributed by atoms with van der Waals surface area (Å²) in [5.74, 6) is 0.556. The number of esters is 1. The van der Waals surface area contributed by atoms with Gasteiger partial charge in [0, 0.05) is 6.04 Å². The maximum Gasteiger partial charge on any atom is 0.307 e. The molecule has 130 valence electrons. The molecular weight excluding hydrogens is 326 g/mol. The average molecular weight is 350 g/mol. The lowest BCUT2D eigenvalue weighted by molar-refractivity contribution is -0.141. The van der Waals surface area contributed by atoms with Crippen molar-refractivity contribution in [2.45, 2.75) is 32.9 Å². The first-order valence-corrected chi connectivity index (χ1v) is 7.61. The van der Waals surface area contributed by atoms with Gasteiger partial charge in [-0.1, -0.05) is 42.5 Å². The molecule has 2 N–H and O–H groups in total. The zero-order valence-electron chi connectivity index (χ0n) is 14.2. The van der Waals surface area contributed by atoms with E-state index in [1.54, 1.807) is 0 Å². The molecule has 5 heteroatoms. The van der Waals surface area contributed by atoms with Gasteiger partial charge in [0.05, 0.1) is 13.5 Å². The van der Waals surface area contributed by atoms with Gasteiger partial charge in [0.15, 0.2) is 0 Å². The van der Waals surface area contributed by atoms with E-state index in [4.69, 9.17) is 10.5 Å². The number of hydrogen-bond acceptors (Lipinski definition) is 4. The minimum Gasteiger partial charge on any atom is -0.488 e. The van der Waals surface area contributed by atoms with Crippen LogP contribution in [0.25, 0.3) is 0 Å². The normalized spacial score (nSPS) is 11.3. The topological polar surface area (TPSA) is 61.5 Å². The largest absolute Gasteiger partial charge is 0.488 e. The lowest BCUT2D eigenvalue weighted by Gasteiger charge is -2.17. The lowest BCUT2D eigenvalue weighted by Crippen LogP contribution is -2.16. The first-order chi connectivity index (χ1) is 11.0. The fourth-order valence-corrected chi connectivity index (χ4v) is 2.54. The molecule has 0 aliphatic carbocycles. The van der Waals surface area contributed by atoms with Gasteiger partial charge in [-0.2, -0.15) is 0 Å². The molecule has 0 unspecified atom stereocenters. The zero-order chi connectivity index (χ0) is 16.8. The van der Waals surface area contributed by atoms with Gasteiger partial charge >= 0.3 is 5.97 Å². The van der Waals surface area contributed by atoms with Gasteiger partial charge in [-0.25, -0.2) is 0 Å². The van der Waals surface area contributed by atoms with E-state index in [9.17, 15) is 4.79 Å². The van der Waals surface area contributed by atoms with E-state index >= 15 is 0 Å². The smallest absolute Gasteiger partial charge is 0.307 e. The molecule has 2 rings (SSSR count). The molecule has 2 aromatic rings. The third-order valence-corrected chi connectivity index (χ3v) is 3.75.